The first kappa shape index (κ1) is 87.4. The molecule has 9 fully saturated rings. The zero-order valence-electron chi connectivity index (χ0n) is 66.0. The third kappa shape index (κ3) is 20.5. The van der Waals surface area contributed by atoms with E-state index in [0.29, 0.717) is 64.2 Å². The summed E-state index contributed by atoms with van der Waals surface area (Å²) in [7, 11) is 5.66. The monoisotopic (exact) mass is 1580 g/mol. The number of ether oxygens (including phenoxy) is 1. The van der Waals surface area contributed by atoms with Crippen LogP contribution in [0.25, 0.3) is 0 Å². The Morgan fingerprint density at radius 2 is 1.20 bits per heavy atom. The molecule has 110 heavy (non-hydrogen) atoms. The van der Waals surface area contributed by atoms with E-state index in [-0.39, 0.29) is 168 Å². The van der Waals surface area contributed by atoms with Gasteiger partial charge < -0.3 is 64.8 Å². The number of rotatable bonds is 13. The Labute approximate surface area is 649 Å². The van der Waals surface area contributed by atoms with E-state index in [9.17, 15) is 31.1 Å². The Morgan fingerprint density at radius 3 is 1.80 bits per heavy atom. The third-order valence-electron chi connectivity index (χ3n) is 25.8. The molecule has 620 valence electrons. The van der Waals surface area contributed by atoms with E-state index in [1.807, 2.05) is 20.8 Å². The lowest BCUT2D eigenvalue weighted by molar-refractivity contribution is -0.184. The van der Waals surface area contributed by atoms with Crippen LogP contribution in [0.15, 0.2) is 0 Å². The summed E-state index contributed by atoms with van der Waals surface area (Å²) in [6.07, 6.45) is -4.08. The van der Waals surface area contributed by atoms with Gasteiger partial charge in [-0.25, -0.2) is 0 Å². The molecule has 3 N–H and O–H groups in total. The highest BCUT2D eigenvalue weighted by atomic mass is 35.5. The Hall–Kier alpha value is -6.53. The number of amides is 12. The summed E-state index contributed by atoms with van der Waals surface area (Å²) in [6.45, 7) is 9.16. The minimum atomic E-state index is -4.55. The molecule has 1 spiro atoms. The van der Waals surface area contributed by atoms with E-state index in [1.165, 1.54) is 67.4 Å². The maximum atomic E-state index is 15.8. The van der Waals surface area contributed by atoms with Gasteiger partial charge in [-0.2, -0.15) is 26.3 Å². The Morgan fingerprint density at radius 1 is 0.591 bits per heavy atom. The van der Waals surface area contributed by atoms with Crippen molar-refractivity contribution in [3.63, 3.8) is 0 Å². The average molecular weight is 1580 g/mol. The van der Waals surface area contributed by atoms with E-state index >= 15 is 52.7 Å². The van der Waals surface area contributed by atoms with Crippen LogP contribution in [0.3, 0.4) is 0 Å². The highest BCUT2D eigenvalue weighted by Crippen LogP contribution is 2.45. The van der Waals surface area contributed by atoms with E-state index < -0.39 is 197 Å². The number of morpholine rings is 1. The Bertz CT molecular complexity index is 3270. The van der Waals surface area contributed by atoms with Crippen molar-refractivity contribution >= 4 is 82.5 Å². The van der Waals surface area contributed by atoms with Gasteiger partial charge in [-0.1, -0.05) is 66.7 Å². The molecule has 4 aliphatic carbocycles. The number of nitrogens with zero attached hydrogens (tertiary/aromatic N) is 9. The molecule has 25 nitrogen and oxygen atoms in total. The van der Waals surface area contributed by atoms with Crippen LogP contribution in [0.4, 0.5) is 26.3 Å². The molecular weight excluding hydrogens is 1460 g/mol. The number of halogens is 7. The molecule has 0 aromatic rings. The fourth-order valence-electron chi connectivity index (χ4n) is 18.9. The van der Waals surface area contributed by atoms with Gasteiger partial charge in [0.15, 0.2) is 0 Å². The van der Waals surface area contributed by atoms with E-state index in [1.54, 1.807) is 13.8 Å². The zero-order chi connectivity index (χ0) is 80.4. The number of piperidine rings is 1. The zero-order valence-corrected chi connectivity index (χ0v) is 66.7. The van der Waals surface area contributed by atoms with Gasteiger partial charge in [0.2, 0.25) is 70.9 Å². The third-order valence-corrected chi connectivity index (χ3v) is 26.3. The number of alkyl halides is 7. The van der Waals surface area contributed by atoms with Crippen molar-refractivity contribution in [2.45, 2.75) is 292 Å². The van der Waals surface area contributed by atoms with E-state index in [0.717, 1.165) is 4.90 Å². The predicted molar refractivity (Wildman–Crippen MR) is 395 cm³/mol. The van der Waals surface area contributed by atoms with Gasteiger partial charge in [0.1, 0.15) is 59.9 Å². The van der Waals surface area contributed by atoms with Crippen molar-refractivity contribution < 1.29 is 88.6 Å². The second kappa shape index (κ2) is 38.1. The van der Waals surface area contributed by atoms with Gasteiger partial charge in [0, 0.05) is 72.8 Å². The summed E-state index contributed by atoms with van der Waals surface area (Å²) in [5, 5.41) is 7.59. The molecule has 9 rings (SSSR count). The molecule has 4 saturated carbocycles. The summed E-state index contributed by atoms with van der Waals surface area (Å²) in [5.41, 5.74) is -1.61. The molecule has 0 aromatic heterocycles. The maximum Gasteiger partial charge on any atom is 0.393 e. The number of nitrogens with one attached hydrogen (secondary N) is 3. The van der Waals surface area contributed by atoms with Crippen molar-refractivity contribution in [1.29, 1.82) is 0 Å². The average Bonchev–Trinajstić information content (AvgIpc) is 0.992. The number of hydrogen-bond donors (Lipinski definition) is 3. The topological polar surface area (TPSA) is 279 Å². The number of fused-ring (bicyclic) bond motifs is 3. The van der Waals surface area contributed by atoms with Crippen LogP contribution in [0.5, 0.6) is 0 Å². The predicted octanol–water partition coefficient (Wildman–Crippen LogP) is 7.57. The molecule has 13 atom stereocenters. The summed E-state index contributed by atoms with van der Waals surface area (Å²) in [5.74, 6) is -13.4. The van der Waals surface area contributed by atoms with Crippen molar-refractivity contribution in [2.75, 3.05) is 87.2 Å². The molecular formula is C78H121ClF6N12O13. The number of hydrogen-bond acceptors (Lipinski definition) is 13. The normalized spacial score (nSPS) is 32.0. The molecule has 5 aliphatic heterocycles. The van der Waals surface area contributed by atoms with Crippen molar-refractivity contribution in [3.8, 4) is 0 Å². The molecule has 0 bridgehead atoms. The van der Waals surface area contributed by atoms with Crippen molar-refractivity contribution in [3.05, 3.63) is 0 Å². The smallest absolute Gasteiger partial charge is 0.378 e. The highest BCUT2D eigenvalue weighted by molar-refractivity contribution is 6.21. The van der Waals surface area contributed by atoms with Gasteiger partial charge in [0.05, 0.1) is 38.0 Å². The van der Waals surface area contributed by atoms with E-state index in [4.69, 9.17) is 16.3 Å². The van der Waals surface area contributed by atoms with Gasteiger partial charge in [-0.05, 0) is 171 Å². The lowest BCUT2D eigenvalue weighted by Gasteiger charge is -2.48. The minimum absolute atomic E-state index is 0.00932. The minimum Gasteiger partial charge on any atom is -0.378 e. The van der Waals surface area contributed by atoms with Gasteiger partial charge >= 0.3 is 12.4 Å². The first-order chi connectivity index (χ1) is 52.0. The summed E-state index contributed by atoms with van der Waals surface area (Å²) in [6, 6.07) is -11.5. The van der Waals surface area contributed by atoms with Crippen LogP contribution in [0, 0.1) is 41.4 Å². The molecule has 0 aromatic carbocycles. The van der Waals surface area contributed by atoms with Crippen LogP contribution >= 0.6 is 11.6 Å². The van der Waals surface area contributed by atoms with Gasteiger partial charge in [-0.3, -0.25) is 57.5 Å². The van der Waals surface area contributed by atoms with Crippen LogP contribution in [-0.4, -0.2) is 280 Å². The first-order valence-electron chi connectivity index (χ1n) is 40.8. The highest BCUT2D eigenvalue weighted by Gasteiger charge is 2.54. The standard InChI is InChI=1S/C78H121ClF6N12O13/c1-10-34-94-61(44-50-23-27-52(28-24-50)77(80,81)82)69(103)89(6)46-62(98)86-55(30-26-49-25-29-53(54(79)43-49)78(83,84)85)68(102)95-36-18-22-56(95)67(101)88-76(32-15-16-33-76)75(109)92(9)65(51-19-12-13-20-51)74(108)91(8)60(70(104)93-38-40-110-41-39-93)45-63(99)90(7)59(42-47(3)4)66(100)87-64(48(5)11-2)73(107)96-35-17-14-21-57(96)71(105)97-37-31-58(97)72(94)106/h47-61,64-65H,10-46H2,1-9H3,(H,86,98)(H,87,100)(H,88,101)/t48-,49?,50?,52?,53?,54?,55-,56-,57-,58-,59-,60-,61-,64-,65-/m0/s1. The van der Waals surface area contributed by atoms with Crippen molar-refractivity contribution in [2.24, 2.45) is 41.4 Å². The molecule has 5 saturated heterocycles. The molecule has 5 heterocycles. The summed E-state index contributed by atoms with van der Waals surface area (Å²) in [4.78, 5) is 196. The van der Waals surface area contributed by atoms with Crippen molar-refractivity contribution in [1.82, 2.24) is 60.0 Å². The molecule has 3 unspecified atom stereocenters. The first-order valence-corrected chi connectivity index (χ1v) is 41.3. The lowest BCUT2D eigenvalue weighted by atomic mass is 9.78. The molecule has 9 aliphatic rings. The maximum absolute atomic E-state index is 15.8. The van der Waals surface area contributed by atoms with Crippen LogP contribution in [0.1, 0.15) is 214 Å². The fourth-order valence-corrected chi connectivity index (χ4v) is 19.4. The lowest BCUT2D eigenvalue weighted by Crippen LogP contribution is -2.67. The second-order valence-corrected chi connectivity index (χ2v) is 34.2. The van der Waals surface area contributed by atoms with Gasteiger partial charge in [-0.15, -0.1) is 11.6 Å². The largest absolute Gasteiger partial charge is 0.393 e. The summed E-state index contributed by atoms with van der Waals surface area (Å²) >= 11 is 6.43. The van der Waals surface area contributed by atoms with Crippen LogP contribution in [0.2, 0.25) is 0 Å². The molecule has 12 amide bonds. The van der Waals surface area contributed by atoms with Crippen LogP contribution in [-0.2, 0) is 62.3 Å². The quantitative estimate of drug-likeness (QED) is 0.119. The van der Waals surface area contributed by atoms with E-state index in [2.05, 4.69) is 16.0 Å². The van der Waals surface area contributed by atoms with Gasteiger partial charge in [0.25, 0.3) is 0 Å². The van der Waals surface area contributed by atoms with Crippen LogP contribution < -0.4 is 16.0 Å². The number of carbonyl (C=O) groups is 12. The Balaban J connectivity index is 1.10. The fraction of sp³-hybridized carbons (Fsp3) is 0.846. The number of carbonyl (C=O) groups excluding carboxylic acids is 12. The molecule has 0 radical (unpaired) electrons. The summed E-state index contributed by atoms with van der Waals surface area (Å²) < 4.78 is 90.5. The molecule has 32 heteroatoms. The Kier molecular flexibility index (Phi) is 30.3. The SMILES string of the molecule is CCCN1C(=O)[C@@H]2CCN2C(=O)[C@@H]2CCCCN2C(=O)[C@H]([C@@H](C)CC)NC(=O)[C@H](CC(C)C)N(C)C(=O)C[C@@H](C(=O)N2CCOCC2)N(C)C(=O)[C@H](C2CCCC2)N(C)C(=O)C2(CCCC2)NC(=O)[C@@H]2CCCN2C(=O)[C@H](CCC2CCC(C(F)(F)F)C(Cl)C2)NC(=O)CN(C)C(=O)[C@@H]1CC1CCC(C(F)(F)F)CC1. The second-order valence-electron chi connectivity index (χ2n) is 33.7. The number of likely N-dealkylation sites (N-methyl/N-ethyl adjacent to an activating group) is 4.